The van der Waals surface area contributed by atoms with Crippen LogP contribution in [0.5, 0.6) is 0 Å². The van der Waals surface area contributed by atoms with Gasteiger partial charge in [-0.3, -0.25) is 9.69 Å². The van der Waals surface area contributed by atoms with Crippen LogP contribution in [-0.4, -0.2) is 21.9 Å². The predicted octanol–water partition coefficient (Wildman–Crippen LogP) is 4.14. The van der Waals surface area contributed by atoms with Crippen molar-refractivity contribution < 1.29 is 4.79 Å². The number of carbonyl (C=O) groups is 1. The summed E-state index contributed by atoms with van der Waals surface area (Å²) in [5, 5.41) is 0. The lowest BCUT2D eigenvalue weighted by Gasteiger charge is -2.31. The molecule has 0 aromatic carbocycles. The predicted molar refractivity (Wildman–Crippen MR) is 87.4 cm³/mol. The first-order valence-electron chi connectivity index (χ1n) is 8.31. The second-order valence-corrected chi connectivity index (χ2v) is 5.43. The lowest BCUT2D eigenvalue weighted by atomic mass is 10.0. The molecule has 0 radical (unpaired) electrons. The molecule has 0 saturated carbocycles. The molecule has 1 heterocycles. The number of anilines is 1. The molecule has 1 amide bonds. The molecule has 4 nitrogen and oxygen atoms in total. The largest absolute Gasteiger partial charge is 0.294 e. The Labute approximate surface area is 129 Å². The van der Waals surface area contributed by atoms with Gasteiger partial charge in [0.05, 0.1) is 0 Å². The molecule has 118 valence electrons. The maximum Gasteiger partial charge on any atom is 0.228 e. The summed E-state index contributed by atoms with van der Waals surface area (Å²) in [5.41, 5.74) is 0. The third-order valence-corrected chi connectivity index (χ3v) is 3.60. The van der Waals surface area contributed by atoms with E-state index in [1.54, 1.807) is 6.20 Å². The van der Waals surface area contributed by atoms with Gasteiger partial charge in [-0.1, -0.05) is 40.5 Å². The van der Waals surface area contributed by atoms with Crippen molar-refractivity contribution in [3.8, 4) is 0 Å². The van der Waals surface area contributed by atoms with E-state index in [2.05, 4.69) is 23.8 Å². The smallest absolute Gasteiger partial charge is 0.228 e. The third kappa shape index (κ3) is 5.10. The van der Waals surface area contributed by atoms with Gasteiger partial charge in [-0.25, -0.2) is 9.97 Å². The molecule has 1 aromatic rings. The van der Waals surface area contributed by atoms with E-state index in [1.165, 1.54) is 0 Å². The average molecular weight is 291 g/mol. The van der Waals surface area contributed by atoms with Gasteiger partial charge >= 0.3 is 0 Å². The zero-order valence-corrected chi connectivity index (χ0v) is 13.9. The molecule has 0 atom stereocenters. The van der Waals surface area contributed by atoms with Crippen LogP contribution in [0.15, 0.2) is 12.3 Å². The molecule has 1 rings (SSSR count). The Hall–Kier alpha value is -1.45. The number of hydrogen-bond acceptors (Lipinski definition) is 3. The fourth-order valence-corrected chi connectivity index (χ4v) is 2.61. The maximum atomic E-state index is 12.6. The fraction of sp³-hybridized carbons (Fsp3) is 0.706. The lowest BCUT2D eigenvalue weighted by molar-refractivity contribution is -0.119. The number of rotatable bonds is 9. The molecule has 1 aromatic heterocycles. The third-order valence-electron chi connectivity index (χ3n) is 3.60. The number of carbonyl (C=O) groups excluding carboxylic acids is 1. The number of amides is 1. The average Bonchev–Trinajstić information content (AvgIpc) is 2.48. The molecule has 0 bridgehead atoms. The van der Waals surface area contributed by atoms with Crippen LogP contribution in [0.4, 0.5) is 5.82 Å². The van der Waals surface area contributed by atoms with Crippen molar-refractivity contribution in [2.24, 2.45) is 0 Å². The molecule has 4 heteroatoms. The number of nitrogens with zero attached hydrogens (tertiary/aromatic N) is 3. The van der Waals surface area contributed by atoms with E-state index in [4.69, 9.17) is 0 Å². The van der Waals surface area contributed by atoms with E-state index >= 15 is 0 Å². The minimum atomic E-state index is 0.185. The molecule has 0 N–H and O–H groups in total. The summed E-state index contributed by atoms with van der Waals surface area (Å²) >= 11 is 0. The van der Waals surface area contributed by atoms with Gasteiger partial charge in [-0.05, 0) is 25.3 Å². The maximum absolute atomic E-state index is 12.6. The van der Waals surface area contributed by atoms with Crippen LogP contribution in [0, 0.1) is 0 Å². The van der Waals surface area contributed by atoms with E-state index in [1.807, 2.05) is 24.8 Å². The van der Waals surface area contributed by atoms with Crippen molar-refractivity contribution in [1.29, 1.82) is 0 Å². The van der Waals surface area contributed by atoms with Gasteiger partial charge < -0.3 is 0 Å². The van der Waals surface area contributed by atoms with Crippen LogP contribution in [0.3, 0.4) is 0 Å². The van der Waals surface area contributed by atoms with E-state index in [0.29, 0.717) is 6.42 Å². The van der Waals surface area contributed by atoms with Crippen molar-refractivity contribution in [2.45, 2.75) is 78.7 Å². The van der Waals surface area contributed by atoms with Gasteiger partial charge in [0.1, 0.15) is 11.6 Å². The monoisotopic (exact) mass is 291 g/mol. The first-order valence-corrected chi connectivity index (χ1v) is 8.31. The Kier molecular flexibility index (Phi) is 7.95. The summed E-state index contributed by atoms with van der Waals surface area (Å²) in [6.45, 7) is 8.42. The van der Waals surface area contributed by atoms with E-state index in [-0.39, 0.29) is 11.9 Å². The van der Waals surface area contributed by atoms with Crippen molar-refractivity contribution >= 4 is 11.7 Å². The molecule has 0 unspecified atom stereocenters. The Balaban J connectivity index is 3.12. The Morgan fingerprint density at radius 3 is 2.33 bits per heavy atom. The molecule has 0 aliphatic carbocycles. The fourth-order valence-electron chi connectivity index (χ4n) is 2.61. The normalized spacial score (nSPS) is 10.9. The summed E-state index contributed by atoms with van der Waals surface area (Å²) in [4.78, 5) is 23.3. The molecular formula is C17H29N3O. The van der Waals surface area contributed by atoms with Crippen molar-refractivity contribution in [2.75, 3.05) is 4.90 Å². The molecule has 0 spiro atoms. The zero-order chi connectivity index (χ0) is 15.7. The highest BCUT2D eigenvalue weighted by atomic mass is 16.2. The van der Waals surface area contributed by atoms with Crippen LogP contribution >= 0.6 is 0 Å². The molecular weight excluding hydrogens is 262 g/mol. The standard InChI is InChI=1S/C17H29N3O/c1-5-9-14(10-6-2)20(17(21)11-7-3)16-12-13-18-15(8-4)19-16/h12-14H,5-11H2,1-4H3. The van der Waals surface area contributed by atoms with E-state index in [9.17, 15) is 4.79 Å². The summed E-state index contributed by atoms with van der Waals surface area (Å²) in [5.74, 6) is 1.76. The highest BCUT2D eigenvalue weighted by Gasteiger charge is 2.24. The van der Waals surface area contributed by atoms with Gasteiger partial charge in [0, 0.05) is 25.1 Å². The van der Waals surface area contributed by atoms with Crippen molar-refractivity contribution in [3.05, 3.63) is 18.1 Å². The van der Waals surface area contributed by atoms with Gasteiger partial charge in [-0.2, -0.15) is 0 Å². The van der Waals surface area contributed by atoms with E-state index < -0.39 is 0 Å². The number of hydrogen-bond donors (Lipinski definition) is 0. The first kappa shape index (κ1) is 17.6. The second kappa shape index (κ2) is 9.48. The Morgan fingerprint density at radius 1 is 1.14 bits per heavy atom. The second-order valence-electron chi connectivity index (χ2n) is 5.43. The van der Waals surface area contributed by atoms with Crippen LogP contribution in [0.1, 0.15) is 72.0 Å². The summed E-state index contributed by atoms with van der Waals surface area (Å²) in [6, 6.07) is 2.11. The molecule has 0 fully saturated rings. The molecule has 0 saturated heterocycles. The van der Waals surface area contributed by atoms with Crippen LogP contribution in [0.25, 0.3) is 0 Å². The molecule has 21 heavy (non-hydrogen) atoms. The van der Waals surface area contributed by atoms with Crippen molar-refractivity contribution in [3.63, 3.8) is 0 Å². The molecule has 0 aliphatic rings. The van der Waals surface area contributed by atoms with Crippen LogP contribution in [0.2, 0.25) is 0 Å². The Bertz CT molecular complexity index is 428. The summed E-state index contributed by atoms with van der Waals surface area (Å²) in [6.07, 6.45) is 8.20. The zero-order valence-electron chi connectivity index (χ0n) is 13.9. The quantitative estimate of drug-likeness (QED) is 0.687. The van der Waals surface area contributed by atoms with Gasteiger partial charge in [-0.15, -0.1) is 0 Å². The highest BCUT2D eigenvalue weighted by Crippen LogP contribution is 2.22. The van der Waals surface area contributed by atoms with Crippen LogP contribution < -0.4 is 4.90 Å². The van der Waals surface area contributed by atoms with Crippen molar-refractivity contribution in [1.82, 2.24) is 9.97 Å². The topological polar surface area (TPSA) is 46.1 Å². The number of aromatic nitrogens is 2. The van der Waals surface area contributed by atoms with Gasteiger partial charge in [0.15, 0.2) is 0 Å². The SMILES string of the molecule is CCCC(=O)N(c1ccnc(CC)n1)C(CCC)CCC. The first-order chi connectivity index (χ1) is 10.2. The minimum absolute atomic E-state index is 0.185. The highest BCUT2D eigenvalue weighted by molar-refractivity contribution is 5.92. The van der Waals surface area contributed by atoms with Gasteiger partial charge in [0.2, 0.25) is 5.91 Å². The minimum Gasteiger partial charge on any atom is -0.294 e. The summed E-state index contributed by atoms with van der Waals surface area (Å²) < 4.78 is 0. The molecule has 0 aliphatic heterocycles. The lowest BCUT2D eigenvalue weighted by Crippen LogP contribution is -2.41. The Morgan fingerprint density at radius 2 is 1.81 bits per heavy atom. The number of aryl methyl sites for hydroxylation is 1. The van der Waals surface area contributed by atoms with Gasteiger partial charge in [0.25, 0.3) is 0 Å². The summed E-state index contributed by atoms with van der Waals surface area (Å²) in [7, 11) is 0. The van der Waals surface area contributed by atoms with Crippen LogP contribution in [-0.2, 0) is 11.2 Å². The van der Waals surface area contributed by atoms with E-state index in [0.717, 1.165) is 50.2 Å².